The molecule has 70 valence electrons. The number of benzene rings is 1. The zero-order chi connectivity index (χ0) is 9.84. The topological polar surface area (TPSA) is 52.3 Å². The Bertz CT molecular complexity index is 321. The van der Waals surface area contributed by atoms with E-state index < -0.39 is 0 Å². The molecule has 3 heteroatoms. The van der Waals surface area contributed by atoms with E-state index >= 15 is 0 Å². The van der Waals surface area contributed by atoms with E-state index in [9.17, 15) is 4.79 Å². The second kappa shape index (κ2) is 4.05. The van der Waals surface area contributed by atoms with Crippen LogP contribution in [0.2, 0.25) is 0 Å². The number of esters is 1. The molecular weight excluding hydrogens is 166 g/mol. The van der Waals surface area contributed by atoms with Crippen LogP contribution in [0.5, 0.6) is 0 Å². The highest BCUT2D eigenvalue weighted by molar-refractivity contribution is 5.91. The first kappa shape index (κ1) is 9.74. The number of nitrogens with two attached hydrogens (primary N) is 1. The van der Waals surface area contributed by atoms with Crippen molar-refractivity contribution in [1.29, 1.82) is 0 Å². The minimum absolute atomic E-state index is 0.312. The van der Waals surface area contributed by atoms with Gasteiger partial charge in [0, 0.05) is 6.54 Å². The first-order chi connectivity index (χ1) is 6.20. The van der Waals surface area contributed by atoms with Crippen LogP contribution in [-0.2, 0) is 11.3 Å². The van der Waals surface area contributed by atoms with Gasteiger partial charge in [-0.3, -0.25) is 0 Å². The van der Waals surface area contributed by atoms with Crippen LogP contribution in [0.3, 0.4) is 0 Å². The number of rotatable bonds is 2. The average Bonchev–Trinajstić information content (AvgIpc) is 2.17. The highest BCUT2D eigenvalue weighted by atomic mass is 16.5. The molecule has 2 N–H and O–H groups in total. The first-order valence-corrected chi connectivity index (χ1v) is 4.07. The molecule has 1 aromatic carbocycles. The van der Waals surface area contributed by atoms with Gasteiger partial charge in [-0.2, -0.15) is 0 Å². The van der Waals surface area contributed by atoms with E-state index in [2.05, 4.69) is 4.74 Å². The summed E-state index contributed by atoms with van der Waals surface area (Å²) in [6.07, 6.45) is 0. The van der Waals surface area contributed by atoms with E-state index in [1.54, 1.807) is 12.1 Å². The maximum atomic E-state index is 11.2. The number of ether oxygens (including phenoxy) is 1. The van der Waals surface area contributed by atoms with E-state index in [4.69, 9.17) is 5.73 Å². The van der Waals surface area contributed by atoms with Crippen LogP contribution in [0, 0.1) is 6.92 Å². The van der Waals surface area contributed by atoms with Crippen molar-refractivity contribution in [2.75, 3.05) is 7.11 Å². The summed E-state index contributed by atoms with van der Waals surface area (Å²) >= 11 is 0. The summed E-state index contributed by atoms with van der Waals surface area (Å²) < 4.78 is 4.64. The van der Waals surface area contributed by atoms with E-state index in [1.807, 2.05) is 13.0 Å². The summed E-state index contributed by atoms with van der Waals surface area (Å²) in [6, 6.07) is 5.45. The Kier molecular flexibility index (Phi) is 3.03. The molecule has 0 aliphatic carbocycles. The van der Waals surface area contributed by atoms with Crippen LogP contribution in [0.25, 0.3) is 0 Å². The van der Waals surface area contributed by atoms with Gasteiger partial charge in [0.25, 0.3) is 0 Å². The Morgan fingerprint density at radius 1 is 1.54 bits per heavy atom. The predicted molar refractivity (Wildman–Crippen MR) is 50.4 cm³/mol. The molecule has 13 heavy (non-hydrogen) atoms. The van der Waals surface area contributed by atoms with Crippen LogP contribution in [-0.4, -0.2) is 13.1 Å². The normalized spacial score (nSPS) is 9.77. The highest BCUT2D eigenvalue weighted by Crippen LogP contribution is 2.13. The number of methoxy groups -OCH3 is 1. The number of hydrogen-bond acceptors (Lipinski definition) is 3. The van der Waals surface area contributed by atoms with E-state index in [0.29, 0.717) is 12.1 Å². The lowest BCUT2D eigenvalue weighted by Crippen LogP contribution is -2.07. The fourth-order valence-corrected chi connectivity index (χ4v) is 1.24. The van der Waals surface area contributed by atoms with E-state index in [1.165, 1.54) is 7.11 Å². The van der Waals surface area contributed by atoms with Crippen molar-refractivity contribution in [3.63, 3.8) is 0 Å². The van der Waals surface area contributed by atoms with Gasteiger partial charge in [0.05, 0.1) is 12.7 Å². The lowest BCUT2D eigenvalue weighted by molar-refractivity contribution is 0.0600. The smallest absolute Gasteiger partial charge is 0.338 e. The molecule has 0 saturated heterocycles. The maximum Gasteiger partial charge on any atom is 0.338 e. The highest BCUT2D eigenvalue weighted by Gasteiger charge is 2.10. The Morgan fingerprint density at radius 2 is 2.23 bits per heavy atom. The summed E-state index contributed by atoms with van der Waals surface area (Å²) in [6.45, 7) is 2.31. The molecule has 0 aliphatic heterocycles. The monoisotopic (exact) mass is 179 g/mol. The molecule has 0 bridgehead atoms. The quantitative estimate of drug-likeness (QED) is 0.695. The largest absolute Gasteiger partial charge is 0.465 e. The average molecular weight is 179 g/mol. The van der Waals surface area contributed by atoms with Gasteiger partial charge in [-0.05, 0) is 24.1 Å². The Labute approximate surface area is 77.5 Å². The Hall–Kier alpha value is -1.35. The lowest BCUT2D eigenvalue weighted by Gasteiger charge is -2.07. The van der Waals surface area contributed by atoms with Crippen molar-refractivity contribution in [3.8, 4) is 0 Å². The van der Waals surface area contributed by atoms with Crippen molar-refractivity contribution in [2.45, 2.75) is 13.5 Å². The fraction of sp³-hybridized carbons (Fsp3) is 0.300. The third-order valence-corrected chi connectivity index (χ3v) is 2.07. The molecule has 0 aromatic heterocycles. The van der Waals surface area contributed by atoms with Crippen molar-refractivity contribution in [1.82, 2.24) is 0 Å². The molecule has 1 rings (SSSR count). The lowest BCUT2D eigenvalue weighted by atomic mass is 10.0. The number of carbonyl (C=O) groups is 1. The molecule has 1 aromatic rings. The molecule has 0 atom stereocenters. The number of carbonyl (C=O) groups excluding carboxylic acids is 1. The van der Waals surface area contributed by atoms with Gasteiger partial charge in [0.15, 0.2) is 0 Å². The molecule has 3 nitrogen and oxygen atoms in total. The summed E-state index contributed by atoms with van der Waals surface area (Å²) in [4.78, 5) is 11.2. The van der Waals surface area contributed by atoms with Gasteiger partial charge in [-0.15, -0.1) is 0 Å². The molecule has 0 spiro atoms. The molecular formula is C10H13NO2. The van der Waals surface area contributed by atoms with Crippen LogP contribution in [0.15, 0.2) is 18.2 Å². The molecule has 0 saturated carbocycles. The Balaban J connectivity index is 3.15. The van der Waals surface area contributed by atoms with Crippen molar-refractivity contribution < 1.29 is 9.53 Å². The SMILES string of the molecule is COC(=O)c1cccc(CN)c1C. The van der Waals surface area contributed by atoms with Crippen molar-refractivity contribution in [2.24, 2.45) is 5.73 Å². The predicted octanol–water partition coefficient (Wildman–Crippen LogP) is 1.24. The third kappa shape index (κ3) is 1.87. The van der Waals surface area contributed by atoms with Gasteiger partial charge < -0.3 is 10.5 Å². The molecule has 0 heterocycles. The summed E-state index contributed by atoms with van der Waals surface area (Å²) in [5.41, 5.74) is 7.97. The summed E-state index contributed by atoms with van der Waals surface area (Å²) in [5, 5.41) is 0. The van der Waals surface area contributed by atoms with Crippen LogP contribution < -0.4 is 5.73 Å². The summed E-state index contributed by atoms with van der Waals surface area (Å²) in [5.74, 6) is -0.312. The zero-order valence-electron chi connectivity index (χ0n) is 7.83. The van der Waals surface area contributed by atoms with Gasteiger partial charge in [0.2, 0.25) is 0 Å². The van der Waals surface area contributed by atoms with Gasteiger partial charge in [-0.1, -0.05) is 12.1 Å². The van der Waals surface area contributed by atoms with Gasteiger partial charge >= 0.3 is 5.97 Å². The van der Waals surface area contributed by atoms with E-state index in [-0.39, 0.29) is 5.97 Å². The first-order valence-electron chi connectivity index (χ1n) is 4.07. The molecule has 0 unspecified atom stereocenters. The standard InChI is InChI=1S/C10H13NO2/c1-7-8(6-11)4-3-5-9(7)10(12)13-2/h3-5H,6,11H2,1-2H3. The zero-order valence-corrected chi connectivity index (χ0v) is 7.83. The fourth-order valence-electron chi connectivity index (χ4n) is 1.24. The second-order valence-corrected chi connectivity index (χ2v) is 2.79. The van der Waals surface area contributed by atoms with Crippen LogP contribution in [0.4, 0.5) is 0 Å². The van der Waals surface area contributed by atoms with Crippen molar-refractivity contribution >= 4 is 5.97 Å². The Morgan fingerprint density at radius 3 is 2.77 bits per heavy atom. The van der Waals surface area contributed by atoms with Gasteiger partial charge in [-0.25, -0.2) is 4.79 Å². The van der Waals surface area contributed by atoms with Gasteiger partial charge in [0.1, 0.15) is 0 Å². The molecule has 0 aliphatic rings. The summed E-state index contributed by atoms with van der Waals surface area (Å²) in [7, 11) is 1.37. The van der Waals surface area contributed by atoms with Crippen molar-refractivity contribution in [3.05, 3.63) is 34.9 Å². The van der Waals surface area contributed by atoms with E-state index in [0.717, 1.165) is 11.1 Å². The third-order valence-electron chi connectivity index (χ3n) is 2.07. The molecule has 0 amide bonds. The molecule has 0 fully saturated rings. The molecule has 0 radical (unpaired) electrons. The maximum absolute atomic E-state index is 11.2. The van der Waals surface area contributed by atoms with Crippen LogP contribution >= 0.6 is 0 Å². The minimum Gasteiger partial charge on any atom is -0.465 e. The number of hydrogen-bond donors (Lipinski definition) is 1. The minimum atomic E-state index is -0.312. The second-order valence-electron chi connectivity index (χ2n) is 2.79. The van der Waals surface area contributed by atoms with Crippen LogP contribution in [0.1, 0.15) is 21.5 Å².